The predicted octanol–water partition coefficient (Wildman–Crippen LogP) is 5.75. The SMILES string of the molecule is CCCCCCCCCCCCCCC[C@H](OC(C)=O)[C@H](C)N. The molecule has 0 aromatic rings. The monoisotopic (exact) mass is 327 g/mol. The summed E-state index contributed by atoms with van der Waals surface area (Å²) in [4.78, 5) is 11.0. The minimum absolute atomic E-state index is 0.0729. The lowest BCUT2D eigenvalue weighted by Gasteiger charge is -2.20. The van der Waals surface area contributed by atoms with Crippen molar-refractivity contribution in [3.63, 3.8) is 0 Å². The Hall–Kier alpha value is -0.570. The smallest absolute Gasteiger partial charge is 0.302 e. The van der Waals surface area contributed by atoms with Crippen molar-refractivity contribution in [3.05, 3.63) is 0 Å². The van der Waals surface area contributed by atoms with Gasteiger partial charge in [0.2, 0.25) is 0 Å². The molecule has 0 amide bonds. The summed E-state index contributed by atoms with van der Waals surface area (Å²) in [5.41, 5.74) is 5.85. The number of ether oxygens (including phenoxy) is 1. The van der Waals surface area contributed by atoms with Crippen molar-refractivity contribution in [2.24, 2.45) is 5.73 Å². The molecule has 0 aliphatic carbocycles. The van der Waals surface area contributed by atoms with Gasteiger partial charge in [0, 0.05) is 13.0 Å². The van der Waals surface area contributed by atoms with Crippen LogP contribution in [-0.4, -0.2) is 18.1 Å². The van der Waals surface area contributed by atoms with Crippen LogP contribution in [0.2, 0.25) is 0 Å². The highest BCUT2D eigenvalue weighted by Crippen LogP contribution is 2.14. The van der Waals surface area contributed by atoms with Crippen LogP contribution in [0.15, 0.2) is 0 Å². The molecule has 0 saturated carbocycles. The molecule has 138 valence electrons. The average Bonchev–Trinajstić information content (AvgIpc) is 2.50. The maximum absolute atomic E-state index is 11.0. The number of hydrogen-bond acceptors (Lipinski definition) is 3. The fourth-order valence-corrected chi connectivity index (χ4v) is 3.01. The van der Waals surface area contributed by atoms with E-state index in [0.717, 1.165) is 12.8 Å². The largest absolute Gasteiger partial charge is 0.461 e. The Morgan fingerprint density at radius 3 is 1.57 bits per heavy atom. The first-order chi connectivity index (χ1) is 11.1. The molecule has 3 nitrogen and oxygen atoms in total. The number of nitrogens with two attached hydrogens (primary N) is 1. The lowest BCUT2D eigenvalue weighted by Crippen LogP contribution is -2.35. The molecule has 0 bridgehead atoms. The van der Waals surface area contributed by atoms with Gasteiger partial charge in [0.15, 0.2) is 0 Å². The lowest BCUT2D eigenvalue weighted by atomic mass is 10.0. The molecule has 2 atom stereocenters. The third kappa shape index (κ3) is 16.1. The Labute approximate surface area is 144 Å². The van der Waals surface area contributed by atoms with Crippen LogP contribution in [-0.2, 0) is 9.53 Å². The standard InChI is InChI=1S/C20H41NO2/c1-4-5-6-7-8-9-10-11-12-13-14-15-16-17-20(18(2)21)23-19(3)22/h18,20H,4-17,21H2,1-3H3/t18-,20-/m0/s1. The van der Waals surface area contributed by atoms with E-state index in [1.165, 1.54) is 84.0 Å². The molecule has 0 rings (SSSR count). The Kier molecular flexibility index (Phi) is 15.9. The van der Waals surface area contributed by atoms with Gasteiger partial charge in [-0.2, -0.15) is 0 Å². The van der Waals surface area contributed by atoms with Crippen LogP contribution in [0.25, 0.3) is 0 Å². The van der Waals surface area contributed by atoms with Crippen LogP contribution >= 0.6 is 0 Å². The number of carbonyl (C=O) groups is 1. The number of esters is 1. The fraction of sp³-hybridized carbons (Fsp3) is 0.950. The zero-order valence-corrected chi connectivity index (χ0v) is 15.9. The van der Waals surface area contributed by atoms with E-state index in [1.54, 1.807) is 0 Å². The van der Waals surface area contributed by atoms with E-state index in [4.69, 9.17) is 10.5 Å². The number of carbonyl (C=O) groups excluding carboxylic acids is 1. The molecule has 0 aliphatic heterocycles. The van der Waals surface area contributed by atoms with Gasteiger partial charge in [0.1, 0.15) is 6.10 Å². The third-order valence-corrected chi connectivity index (χ3v) is 4.50. The molecule has 0 aromatic carbocycles. The third-order valence-electron chi connectivity index (χ3n) is 4.50. The second kappa shape index (κ2) is 16.3. The van der Waals surface area contributed by atoms with Crippen LogP contribution in [0.4, 0.5) is 0 Å². The molecular formula is C20H41NO2. The zero-order chi connectivity index (χ0) is 17.3. The highest BCUT2D eigenvalue weighted by Gasteiger charge is 2.15. The fourth-order valence-electron chi connectivity index (χ4n) is 3.01. The molecular weight excluding hydrogens is 286 g/mol. The van der Waals surface area contributed by atoms with E-state index in [9.17, 15) is 4.79 Å². The van der Waals surface area contributed by atoms with Crippen molar-refractivity contribution in [3.8, 4) is 0 Å². The topological polar surface area (TPSA) is 52.3 Å². The van der Waals surface area contributed by atoms with Crippen molar-refractivity contribution in [2.45, 2.75) is 123 Å². The van der Waals surface area contributed by atoms with Crippen LogP contribution < -0.4 is 5.73 Å². The van der Waals surface area contributed by atoms with Gasteiger partial charge < -0.3 is 10.5 Å². The summed E-state index contributed by atoms with van der Waals surface area (Å²) in [5.74, 6) is -0.220. The minimum Gasteiger partial charge on any atom is -0.461 e. The van der Waals surface area contributed by atoms with Gasteiger partial charge in [0.05, 0.1) is 0 Å². The van der Waals surface area contributed by atoms with Gasteiger partial charge in [-0.15, -0.1) is 0 Å². The second-order valence-corrected chi connectivity index (χ2v) is 7.04. The van der Waals surface area contributed by atoms with Crippen LogP contribution in [0.1, 0.15) is 111 Å². The van der Waals surface area contributed by atoms with Crippen molar-refractivity contribution >= 4 is 5.97 Å². The average molecular weight is 328 g/mol. The van der Waals surface area contributed by atoms with Gasteiger partial charge in [-0.3, -0.25) is 4.79 Å². The molecule has 0 fully saturated rings. The molecule has 0 heterocycles. The van der Waals surface area contributed by atoms with Crippen molar-refractivity contribution < 1.29 is 9.53 Å². The highest BCUT2D eigenvalue weighted by atomic mass is 16.5. The van der Waals surface area contributed by atoms with Gasteiger partial charge in [-0.1, -0.05) is 84.0 Å². The summed E-state index contributed by atoms with van der Waals surface area (Å²) in [7, 11) is 0. The molecule has 0 aliphatic rings. The number of rotatable bonds is 16. The van der Waals surface area contributed by atoms with Crippen molar-refractivity contribution in [1.82, 2.24) is 0 Å². The molecule has 3 heteroatoms. The van der Waals surface area contributed by atoms with Crippen LogP contribution in [0.5, 0.6) is 0 Å². The number of unbranched alkanes of at least 4 members (excludes halogenated alkanes) is 12. The Bertz CT molecular complexity index is 266. The summed E-state index contributed by atoms with van der Waals surface area (Å²) in [6.07, 6.45) is 18.4. The molecule has 0 aromatic heterocycles. The van der Waals surface area contributed by atoms with Gasteiger partial charge in [-0.25, -0.2) is 0 Å². The Balaban J connectivity index is 3.30. The summed E-state index contributed by atoms with van der Waals surface area (Å²) in [6, 6.07) is -0.0729. The zero-order valence-electron chi connectivity index (χ0n) is 15.9. The van der Waals surface area contributed by atoms with Crippen LogP contribution in [0.3, 0.4) is 0 Å². The van der Waals surface area contributed by atoms with Crippen molar-refractivity contribution in [2.75, 3.05) is 0 Å². The first kappa shape index (κ1) is 22.4. The maximum Gasteiger partial charge on any atom is 0.302 e. The maximum atomic E-state index is 11.0. The normalized spacial score (nSPS) is 13.7. The van der Waals surface area contributed by atoms with E-state index in [-0.39, 0.29) is 18.1 Å². The number of hydrogen-bond donors (Lipinski definition) is 1. The molecule has 0 radical (unpaired) electrons. The van der Waals surface area contributed by atoms with Crippen LogP contribution in [0, 0.1) is 0 Å². The summed E-state index contributed by atoms with van der Waals surface area (Å²) in [5, 5.41) is 0. The highest BCUT2D eigenvalue weighted by molar-refractivity contribution is 5.66. The van der Waals surface area contributed by atoms with E-state index in [2.05, 4.69) is 6.92 Å². The molecule has 2 N–H and O–H groups in total. The van der Waals surface area contributed by atoms with E-state index >= 15 is 0 Å². The second-order valence-electron chi connectivity index (χ2n) is 7.04. The Morgan fingerprint density at radius 2 is 1.22 bits per heavy atom. The molecule has 23 heavy (non-hydrogen) atoms. The predicted molar refractivity (Wildman–Crippen MR) is 99.5 cm³/mol. The molecule has 0 saturated heterocycles. The van der Waals surface area contributed by atoms with Gasteiger partial charge >= 0.3 is 5.97 Å². The van der Waals surface area contributed by atoms with E-state index in [1.807, 2.05) is 6.92 Å². The lowest BCUT2D eigenvalue weighted by molar-refractivity contribution is -0.147. The van der Waals surface area contributed by atoms with Crippen molar-refractivity contribution in [1.29, 1.82) is 0 Å². The van der Waals surface area contributed by atoms with Gasteiger partial charge in [-0.05, 0) is 19.8 Å². The molecule has 0 unspecified atom stereocenters. The van der Waals surface area contributed by atoms with E-state index < -0.39 is 0 Å². The first-order valence-corrected chi connectivity index (χ1v) is 10.0. The quantitative estimate of drug-likeness (QED) is 0.290. The first-order valence-electron chi connectivity index (χ1n) is 10.0. The van der Waals surface area contributed by atoms with Gasteiger partial charge in [0.25, 0.3) is 0 Å². The van der Waals surface area contributed by atoms with E-state index in [0.29, 0.717) is 0 Å². The summed E-state index contributed by atoms with van der Waals surface area (Å²) >= 11 is 0. The molecule has 0 spiro atoms. The summed E-state index contributed by atoms with van der Waals surface area (Å²) < 4.78 is 5.25. The summed E-state index contributed by atoms with van der Waals surface area (Å²) in [6.45, 7) is 5.64. The minimum atomic E-state index is -0.220. The Morgan fingerprint density at radius 1 is 0.826 bits per heavy atom.